The molecule has 0 saturated heterocycles. The van der Waals surface area contributed by atoms with Crippen molar-refractivity contribution >= 4 is 62.7 Å². The maximum atomic E-state index is 12.7. The second-order valence-electron chi connectivity index (χ2n) is 6.20. The average Bonchev–Trinajstić information content (AvgIpc) is 2.70. The predicted molar refractivity (Wildman–Crippen MR) is 122 cm³/mol. The fourth-order valence-corrected chi connectivity index (χ4v) is 2.96. The van der Waals surface area contributed by atoms with E-state index in [1.807, 2.05) is 36.4 Å². The van der Waals surface area contributed by atoms with Crippen LogP contribution in [0.15, 0.2) is 53.0 Å². The highest BCUT2D eigenvalue weighted by molar-refractivity contribution is 9.10. The van der Waals surface area contributed by atoms with Crippen LogP contribution in [0.3, 0.4) is 0 Å². The van der Waals surface area contributed by atoms with Crippen LogP contribution in [0, 0.1) is 11.8 Å². The maximum Gasteiger partial charge on any atom is 0.384 e. The van der Waals surface area contributed by atoms with Crippen LogP contribution < -0.4 is 0 Å². The molecule has 0 unspecified atom stereocenters. The molecule has 0 aliphatic carbocycles. The number of halogens is 4. The van der Waals surface area contributed by atoms with Gasteiger partial charge < -0.3 is 9.47 Å². The number of carbonyl (C=O) groups is 2. The number of ether oxygens (including phenoxy) is 2. The van der Waals surface area contributed by atoms with Crippen LogP contribution in [0.4, 0.5) is 0 Å². The van der Waals surface area contributed by atoms with Gasteiger partial charge in [0.1, 0.15) is 6.61 Å². The summed E-state index contributed by atoms with van der Waals surface area (Å²) in [5, 5.41) is 0. The van der Waals surface area contributed by atoms with Gasteiger partial charge in [-0.2, -0.15) is 0 Å². The molecule has 2 aromatic rings. The SMILES string of the molecule is CCOC(=O)C#Cc1ccc(C[C@H](C(=O)OCC(Cl)(Cl)Cl)c2ccc(Br)cc2)cc1. The van der Waals surface area contributed by atoms with E-state index < -0.39 is 21.6 Å². The molecule has 0 saturated carbocycles. The maximum absolute atomic E-state index is 12.7. The summed E-state index contributed by atoms with van der Waals surface area (Å²) in [5.41, 5.74) is 2.32. The van der Waals surface area contributed by atoms with Gasteiger partial charge in [0.05, 0.1) is 12.5 Å². The van der Waals surface area contributed by atoms with Gasteiger partial charge in [0, 0.05) is 16.0 Å². The van der Waals surface area contributed by atoms with Crippen molar-refractivity contribution in [2.24, 2.45) is 0 Å². The highest BCUT2D eigenvalue weighted by atomic mass is 79.9. The van der Waals surface area contributed by atoms with Crippen LogP contribution in [0.2, 0.25) is 0 Å². The third-order valence-electron chi connectivity index (χ3n) is 3.91. The molecule has 2 rings (SSSR count). The topological polar surface area (TPSA) is 52.6 Å². The van der Waals surface area contributed by atoms with Gasteiger partial charge in [-0.05, 0) is 48.7 Å². The van der Waals surface area contributed by atoms with Crippen LogP contribution in [0.5, 0.6) is 0 Å². The number of benzene rings is 2. The second kappa shape index (κ2) is 11.6. The van der Waals surface area contributed by atoms with Crippen LogP contribution in [-0.2, 0) is 25.5 Å². The molecule has 8 heteroatoms. The molecule has 30 heavy (non-hydrogen) atoms. The molecule has 158 valence electrons. The van der Waals surface area contributed by atoms with E-state index in [2.05, 4.69) is 27.8 Å². The molecule has 2 aromatic carbocycles. The number of esters is 2. The fourth-order valence-electron chi connectivity index (χ4n) is 2.54. The van der Waals surface area contributed by atoms with Gasteiger partial charge in [-0.3, -0.25) is 4.79 Å². The van der Waals surface area contributed by atoms with Crippen LogP contribution in [0.25, 0.3) is 0 Å². The van der Waals surface area contributed by atoms with E-state index in [9.17, 15) is 9.59 Å². The first-order chi connectivity index (χ1) is 14.2. The molecule has 0 aliphatic rings. The van der Waals surface area contributed by atoms with E-state index in [-0.39, 0.29) is 13.2 Å². The molecule has 0 aromatic heterocycles. The number of hydrogen-bond donors (Lipinski definition) is 0. The largest absolute Gasteiger partial charge is 0.461 e. The molecular formula is C22H18BrCl3O4. The monoisotopic (exact) mass is 530 g/mol. The zero-order valence-corrected chi connectivity index (χ0v) is 19.8. The average molecular weight is 533 g/mol. The van der Waals surface area contributed by atoms with Gasteiger partial charge in [-0.25, -0.2) is 4.79 Å². The molecule has 0 amide bonds. The Balaban J connectivity index is 2.17. The minimum Gasteiger partial charge on any atom is -0.461 e. The summed E-state index contributed by atoms with van der Waals surface area (Å²) in [6.07, 6.45) is 0.381. The Labute approximate surface area is 198 Å². The summed E-state index contributed by atoms with van der Waals surface area (Å²) in [7, 11) is 0. The first-order valence-electron chi connectivity index (χ1n) is 8.94. The quantitative estimate of drug-likeness (QED) is 0.276. The summed E-state index contributed by atoms with van der Waals surface area (Å²) < 4.78 is 9.20. The van der Waals surface area contributed by atoms with Crippen molar-refractivity contribution in [3.05, 3.63) is 69.7 Å². The lowest BCUT2D eigenvalue weighted by molar-refractivity contribution is -0.145. The highest BCUT2D eigenvalue weighted by Gasteiger charge is 2.27. The van der Waals surface area contributed by atoms with Gasteiger partial charge >= 0.3 is 11.9 Å². The molecule has 4 nitrogen and oxygen atoms in total. The van der Waals surface area contributed by atoms with Crippen molar-refractivity contribution < 1.29 is 19.1 Å². The fraction of sp³-hybridized carbons (Fsp3) is 0.273. The van der Waals surface area contributed by atoms with E-state index in [1.165, 1.54) is 0 Å². The van der Waals surface area contributed by atoms with Gasteiger partial charge in [0.25, 0.3) is 0 Å². The van der Waals surface area contributed by atoms with E-state index in [0.717, 1.165) is 15.6 Å². The summed E-state index contributed by atoms with van der Waals surface area (Å²) in [6, 6.07) is 14.6. The molecule has 0 aliphatic heterocycles. The highest BCUT2D eigenvalue weighted by Crippen LogP contribution is 2.29. The standard InChI is InChI=1S/C22H18BrCl3O4/c1-2-29-20(27)12-7-15-3-5-16(6-4-15)13-19(17-8-10-18(23)11-9-17)21(28)30-14-22(24,25)26/h3-6,8-11,19H,2,13-14H2,1H3/t19-/m0/s1. The molecular weight excluding hydrogens is 515 g/mol. The number of rotatable bonds is 6. The van der Waals surface area contributed by atoms with E-state index in [1.54, 1.807) is 19.1 Å². The van der Waals surface area contributed by atoms with Crippen molar-refractivity contribution in [3.8, 4) is 11.8 Å². The first-order valence-corrected chi connectivity index (χ1v) is 10.9. The van der Waals surface area contributed by atoms with Crippen LogP contribution in [0.1, 0.15) is 29.5 Å². The van der Waals surface area contributed by atoms with Crippen molar-refractivity contribution in [3.63, 3.8) is 0 Å². The number of alkyl halides is 3. The molecule has 1 atom stereocenters. The summed E-state index contributed by atoms with van der Waals surface area (Å²) in [5.74, 6) is 3.51. The Bertz CT molecular complexity index is 926. The van der Waals surface area contributed by atoms with E-state index in [0.29, 0.717) is 12.0 Å². The zero-order chi connectivity index (χ0) is 22.1. The third-order valence-corrected chi connectivity index (χ3v) is 4.77. The summed E-state index contributed by atoms with van der Waals surface area (Å²) in [4.78, 5) is 24.0. The first kappa shape index (κ1) is 24.6. The minimum absolute atomic E-state index is 0.276. The molecule has 0 fully saturated rings. The summed E-state index contributed by atoms with van der Waals surface area (Å²) >= 11 is 20.5. The zero-order valence-electron chi connectivity index (χ0n) is 16.0. The van der Waals surface area contributed by atoms with Crippen LogP contribution in [-0.4, -0.2) is 28.9 Å². The Kier molecular flexibility index (Phi) is 9.51. The van der Waals surface area contributed by atoms with Crippen molar-refractivity contribution in [1.29, 1.82) is 0 Å². The number of hydrogen-bond acceptors (Lipinski definition) is 4. The lowest BCUT2D eigenvalue weighted by Gasteiger charge is -2.19. The van der Waals surface area contributed by atoms with Gasteiger partial charge in [-0.1, -0.05) is 80.9 Å². The molecule has 0 spiro atoms. The third kappa shape index (κ3) is 8.57. The minimum atomic E-state index is -1.68. The van der Waals surface area contributed by atoms with Crippen molar-refractivity contribution in [2.75, 3.05) is 13.2 Å². The second-order valence-corrected chi connectivity index (χ2v) is 9.63. The Hall–Kier alpha value is -1.71. The van der Waals surface area contributed by atoms with Crippen LogP contribution >= 0.6 is 50.7 Å². The lowest BCUT2D eigenvalue weighted by atomic mass is 9.91. The number of carbonyl (C=O) groups excluding carboxylic acids is 2. The van der Waals surface area contributed by atoms with Crippen molar-refractivity contribution in [1.82, 2.24) is 0 Å². The van der Waals surface area contributed by atoms with Gasteiger partial charge in [0.15, 0.2) is 0 Å². The predicted octanol–water partition coefficient (Wildman–Crippen LogP) is 5.60. The molecule has 0 bridgehead atoms. The van der Waals surface area contributed by atoms with Gasteiger partial charge in [-0.15, -0.1) is 0 Å². The van der Waals surface area contributed by atoms with E-state index in [4.69, 9.17) is 44.3 Å². The molecule has 0 N–H and O–H groups in total. The molecule has 0 radical (unpaired) electrons. The summed E-state index contributed by atoms with van der Waals surface area (Å²) in [6.45, 7) is 1.65. The van der Waals surface area contributed by atoms with Crippen molar-refractivity contribution in [2.45, 2.75) is 23.1 Å². The Morgan fingerprint density at radius 3 is 2.23 bits per heavy atom. The molecule has 0 heterocycles. The van der Waals surface area contributed by atoms with E-state index >= 15 is 0 Å². The van der Waals surface area contributed by atoms with Gasteiger partial charge in [0.2, 0.25) is 3.79 Å². The Morgan fingerprint density at radius 1 is 1.03 bits per heavy atom. The lowest BCUT2D eigenvalue weighted by Crippen LogP contribution is -2.23. The Morgan fingerprint density at radius 2 is 1.67 bits per heavy atom. The normalized spacial score (nSPS) is 11.8. The smallest absolute Gasteiger partial charge is 0.384 e.